The van der Waals surface area contributed by atoms with Gasteiger partial charge < -0.3 is 4.90 Å². The molecule has 0 spiro atoms. The Morgan fingerprint density at radius 2 is 0.789 bits per heavy atom. The lowest BCUT2D eigenvalue weighted by molar-refractivity contribution is 0.569. The molecule has 2 aliphatic carbocycles. The largest absolute Gasteiger partial charge is 0.310 e. The first-order valence-corrected chi connectivity index (χ1v) is 20.7. The van der Waals surface area contributed by atoms with Crippen LogP contribution in [0.25, 0.3) is 44.5 Å². The van der Waals surface area contributed by atoms with E-state index in [9.17, 15) is 0 Å². The molecule has 0 unspecified atom stereocenters. The predicted octanol–water partition coefficient (Wildman–Crippen LogP) is 15.7. The molecule has 0 radical (unpaired) electrons. The highest BCUT2D eigenvalue weighted by Crippen LogP contribution is 2.54. The molecule has 0 fully saturated rings. The predicted molar refractivity (Wildman–Crippen MR) is 245 cm³/mol. The second-order valence-corrected chi connectivity index (χ2v) is 19.5. The summed E-state index contributed by atoms with van der Waals surface area (Å²) < 4.78 is 0. The molecule has 7 aromatic rings. The van der Waals surface area contributed by atoms with E-state index in [1.807, 2.05) is 0 Å². The Labute approximate surface area is 341 Å². The number of anilines is 3. The molecule has 0 amide bonds. The Kier molecular flexibility index (Phi) is 8.38. The zero-order valence-corrected chi connectivity index (χ0v) is 35.4. The van der Waals surface area contributed by atoms with E-state index in [1.165, 1.54) is 89.3 Å². The Morgan fingerprint density at radius 3 is 1.30 bits per heavy atom. The summed E-state index contributed by atoms with van der Waals surface area (Å²) in [5.74, 6) is 0. The van der Waals surface area contributed by atoms with Gasteiger partial charge in [-0.2, -0.15) is 0 Å². The highest BCUT2D eigenvalue weighted by Gasteiger charge is 2.38. The quantitative estimate of drug-likeness (QED) is 0.170. The van der Waals surface area contributed by atoms with E-state index >= 15 is 0 Å². The molecule has 0 N–H and O–H groups in total. The first-order chi connectivity index (χ1) is 27.0. The van der Waals surface area contributed by atoms with Crippen LogP contribution in [0, 0.1) is 0 Å². The summed E-state index contributed by atoms with van der Waals surface area (Å²) in [5, 5.41) is 0. The Morgan fingerprint density at radius 1 is 0.351 bits per heavy atom. The minimum atomic E-state index is -0.115. The fraction of sp³-hybridized carbons (Fsp3) is 0.250. The second kappa shape index (κ2) is 12.9. The van der Waals surface area contributed by atoms with Crippen LogP contribution in [0.15, 0.2) is 152 Å². The van der Waals surface area contributed by atoms with Crippen molar-refractivity contribution in [1.29, 1.82) is 0 Å². The molecule has 0 saturated carbocycles. The lowest BCUT2D eigenvalue weighted by Crippen LogP contribution is -2.18. The third-order valence-corrected chi connectivity index (χ3v) is 13.0. The van der Waals surface area contributed by atoms with Crippen molar-refractivity contribution in [2.45, 2.75) is 90.9 Å². The number of rotatable bonds is 5. The van der Waals surface area contributed by atoms with Gasteiger partial charge in [-0.25, -0.2) is 0 Å². The summed E-state index contributed by atoms with van der Waals surface area (Å²) in [6.45, 7) is 23.4. The minimum Gasteiger partial charge on any atom is -0.310 e. The molecule has 1 nitrogen and oxygen atoms in total. The van der Waals surface area contributed by atoms with Crippen LogP contribution in [-0.4, -0.2) is 0 Å². The van der Waals surface area contributed by atoms with Crippen molar-refractivity contribution in [3.63, 3.8) is 0 Å². The van der Waals surface area contributed by atoms with Gasteiger partial charge >= 0.3 is 0 Å². The smallest absolute Gasteiger partial charge is 0.0540 e. The molecule has 0 bridgehead atoms. The lowest BCUT2D eigenvalue weighted by Gasteiger charge is -2.31. The van der Waals surface area contributed by atoms with Crippen LogP contribution < -0.4 is 4.90 Å². The Hall–Kier alpha value is -5.66. The number of para-hydroxylation sites is 1. The van der Waals surface area contributed by atoms with E-state index in [4.69, 9.17) is 0 Å². The SMILES string of the molecule is CC(C)(C)c1cc(-c2cccc(-c3ccccc3N(c3ccc4c(c3)C(C)(C)c3ccccc3-4)c3ccc4c(c3)C(C)(C)c3ccccc3-4)c2)cc(C(C)(C)C)c1. The van der Waals surface area contributed by atoms with E-state index in [2.05, 4.69) is 226 Å². The lowest BCUT2D eigenvalue weighted by atomic mass is 9.79. The maximum absolute atomic E-state index is 2.51. The molecular weight excluding hydrogens is 687 g/mol. The molecule has 0 heterocycles. The van der Waals surface area contributed by atoms with Crippen LogP contribution in [0.4, 0.5) is 17.1 Å². The highest BCUT2D eigenvalue weighted by molar-refractivity contribution is 5.93. The van der Waals surface area contributed by atoms with Crippen molar-refractivity contribution < 1.29 is 0 Å². The number of nitrogens with zero attached hydrogens (tertiary/aromatic N) is 1. The standard InChI is InChI=1S/C56H55N/c1-53(2,3)39-31-38(32-40(33-39)54(4,5)6)36-18-17-19-37(30-36)43-20-13-16-25-52(43)57(41-26-28-46-44-21-11-14-23-48(44)55(7,8)50(46)34-41)42-27-29-47-45-22-12-15-24-49(45)56(9,10)51(47)35-42/h11-35H,1-10H3. The zero-order valence-electron chi connectivity index (χ0n) is 35.4. The van der Waals surface area contributed by atoms with Gasteiger partial charge in [0.15, 0.2) is 0 Å². The normalized spacial score (nSPS) is 14.8. The zero-order chi connectivity index (χ0) is 40.1. The number of fused-ring (bicyclic) bond motifs is 6. The van der Waals surface area contributed by atoms with Crippen LogP contribution >= 0.6 is 0 Å². The highest BCUT2D eigenvalue weighted by atomic mass is 15.1. The molecular formula is C56H55N. The molecule has 284 valence electrons. The number of benzene rings is 7. The molecule has 0 atom stereocenters. The second-order valence-electron chi connectivity index (χ2n) is 19.5. The molecule has 7 aromatic carbocycles. The monoisotopic (exact) mass is 741 g/mol. The third kappa shape index (κ3) is 6.06. The van der Waals surface area contributed by atoms with E-state index in [0.717, 1.165) is 5.69 Å². The maximum Gasteiger partial charge on any atom is 0.0540 e. The minimum absolute atomic E-state index is 0.0400. The van der Waals surface area contributed by atoms with Crippen molar-refractivity contribution >= 4 is 17.1 Å². The van der Waals surface area contributed by atoms with Crippen LogP contribution in [0.2, 0.25) is 0 Å². The molecule has 9 rings (SSSR count). The van der Waals surface area contributed by atoms with E-state index in [1.54, 1.807) is 0 Å². The topological polar surface area (TPSA) is 3.24 Å². The van der Waals surface area contributed by atoms with Gasteiger partial charge in [0.2, 0.25) is 0 Å². The Balaban J connectivity index is 1.24. The van der Waals surface area contributed by atoms with Crippen molar-refractivity contribution in [2.24, 2.45) is 0 Å². The van der Waals surface area contributed by atoms with Gasteiger partial charge in [-0.05, 0) is 120 Å². The summed E-state index contributed by atoms with van der Waals surface area (Å²) in [6, 6.07) is 57.6. The van der Waals surface area contributed by atoms with Crippen LogP contribution in [0.1, 0.15) is 103 Å². The Bertz CT molecular complexity index is 2570. The van der Waals surface area contributed by atoms with Crippen molar-refractivity contribution in [1.82, 2.24) is 0 Å². The number of hydrogen-bond acceptors (Lipinski definition) is 1. The summed E-state index contributed by atoms with van der Waals surface area (Å²) in [6.07, 6.45) is 0. The molecule has 0 aromatic heterocycles. The first-order valence-electron chi connectivity index (χ1n) is 20.7. The van der Waals surface area contributed by atoms with Gasteiger partial charge in [-0.15, -0.1) is 0 Å². The molecule has 57 heavy (non-hydrogen) atoms. The molecule has 2 aliphatic rings. The molecule has 1 heteroatoms. The van der Waals surface area contributed by atoms with E-state index in [0.29, 0.717) is 0 Å². The summed E-state index contributed by atoms with van der Waals surface area (Å²) in [7, 11) is 0. The van der Waals surface area contributed by atoms with Gasteiger partial charge in [0, 0.05) is 27.8 Å². The van der Waals surface area contributed by atoms with Crippen molar-refractivity contribution in [3.8, 4) is 44.5 Å². The fourth-order valence-corrected chi connectivity index (χ4v) is 9.53. The van der Waals surface area contributed by atoms with E-state index in [-0.39, 0.29) is 21.7 Å². The maximum atomic E-state index is 2.51. The molecule has 0 aliphatic heterocycles. The van der Waals surface area contributed by atoms with Gasteiger partial charge in [-0.1, -0.05) is 184 Å². The summed E-state index contributed by atoms with van der Waals surface area (Å²) in [5.41, 5.74) is 21.9. The van der Waals surface area contributed by atoms with Crippen molar-refractivity contribution in [2.75, 3.05) is 4.90 Å². The average Bonchev–Trinajstić information content (AvgIpc) is 3.56. The van der Waals surface area contributed by atoms with Gasteiger partial charge in [0.25, 0.3) is 0 Å². The fourth-order valence-electron chi connectivity index (χ4n) is 9.53. The third-order valence-electron chi connectivity index (χ3n) is 13.0. The number of hydrogen-bond donors (Lipinski definition) is 0. The molecule has 0 saturated heterocycles. The van der Waals surface area contributed by atoms with Crippen LogP contribution in [-0.2, 0) is 21.7 Å². The first kappa shape index (κ1) is 36.9. The van der Waals surface area contributed by atoms with Gasteiger partial charge in [0.05, 0.1) is 5.69 Å². The van der Waals surface area contributed by atoms with E-state index < -0.39 is 0 Å². The van der Waals surface area contributed by atoms with Gasteiger partial charge in [-0.3, -0.25) is 0 Å². The van der Waals surface area contributed by atoms with Crippen LogP contribution in [0.5, 0.6) is 0 Å². The summed E-state index contributed by atoms with van der Waals surface area (Å²) >= 11 is 0. The summed E-state index contributed by atoms with van der Waals surface area (Å²) in [4.78, 5) is 2.51. The average molecular weight is 742 g/mol. The van der Waals surface area contributed by atoms with Crippen molar-refractivity contribution in [3.05, 3.63) is 185 Å². The van der Waals surface area contributed by atoms with Gasteiger partial charge in [0.1, 0.15) is 0 Å². The van der Waals surface area contributed by atoms with Crippen LogP contribution in [0.3, 0.4) is 0 Å².